The van der Waals surface area contributed by atoms with Gasteiger partial charge in [-0.2, -0.15) is 0 Å². The number of nitrogens with one attached hydrogen (secondary N) is 1. The number of pyridine rings is 1. The number of anilines is 3. The second kappa shape index (κ2) is 12.0. The van der Waals surface area contributed by atoms with Gasteiger partial charge in [0.25, 0.3) is 5.91 Å². The van der Waals surface area contributed by atoms with E-state index in [0.717, 1.165) is 46.5 Å². The van der Waals surface area contributed by atoms with E-state index in [2.05, 4.69) is 20.1 Å². The molecule has 0 aromatic carbocycles. The number of likely N-dealkylation sites (tertiary alicyclic amines) is 1. The fourth-order valence-electron chi connectivity index (χ4n) is 8.66. The lowest BCUT2D eigenvalue weighted by molar-refractivity contribution is -0.142. The summed E-state index contributed by atoms with van der Waals surface area (Å²) in [7, 11) is 0. The van der Waals surface area contributed by atoms with Crippen molar-refractivity contribution in [3.05, 3.63) is 39.3 Å². The van der Waals surface area contributed by atoms with Gasteiger partial charge in [-0.15, -0.1) is 11.3 Å². The first kappa shape index (κ1) is 29.9. The molecular formula is C32H36Cl2N6O3S2. The minimum absolute atomic E-state index is 0.322. The Kier molecular flexibility index (Phi) is 7.96. The number of fused-ring (bicyclic) bond motifs is 3. The normalized spacial score (nSPS) is 28.3. The van der Waals surface area contributed by atoms with Gasteiger partial charge in [-0.1, -0.05) is 41.0 Å². The van der Waals surface area contributed by atoms with Crippen LogP contribution in [0.5, 0.6) is 0 Å². The lowest BCUT2D eigenvalue weighted by Gasteiger charge is -2.35. The molecule has 8 rings (SSSR count). The number of halogens is 2. The zero-order valence-electron chi connectivity index (χ0n) is 24.8. The smallest absolute Gasteiger partial charge is 0.306 e. The van der Waals surface area contributed by atoms with Gasteiger partial charge in [0.15, 0.2) is 5.13 Å². The van der Waals surface area contributed by atoms with E-state index in [9.17, 15) is 14.7 Å². The number of thiazole rings is 1. The molecule has 5 fully saturated rings. The van der Waals surface area contributed by atoms with Crippen molar-refractivity contribution in [2.75, 3.05) is 47.8 Å². The van der Waals surface area contributed by atoms with Crippen molar-refractivity contribution in [3.8, 4) is 10.6 Å². The van der Waals surface area contributed by atoms with Crippen LogP contribution in [0, 0.1) is 23.7 Å². The molecule has 0 spiro atoms. The molecule has 3 aliphatic heterocycles. The average Bonchev–Trinajstić information content (AvgIpc) is 3.87. The number of carbonyl (C=O) groups excluding carboxylic acids is 1. The second-order valence-corrected chi connectivity index (χ2v) is 16.1. The highest BCUT2D eigenvalue weighted by molar-refractivity contribution is 7.21. The van der Waals surface area contributed by atoms with Gasteiger partial charge in [-0.25, -0.2) is 9.97 Å². The number of carboxylic acid groups (broad SMARTS) is 1. The molecule has 2 N–H and O–H groups in total. The molecule has 2 bridgehead atoms. The van der Waals surface area contributed by atoms with Crippen LogP contribution in [-0.2, 0) is 4.79 Å². The van der Waals surface area contributed by atoms with Crippen molar-refractivity contribution in [1.82, 2.24) is 14.9 Å². The van der Waals surface area contributed by atoms with Gasteiger partial charge in [-0.05, 0) is 75.0 Å². The molecule has 2 aliphatic carbocycles. The van der Waals surface area contributed by atoms with Gasteiger partial charge in [-0.3, -0.25) is 19.8 Å². The van der Waals surface area contributed by atoms with Crippen LogP contribution in [0.3, 0.4) is 0 Å². The molecule has 3 aromatic rings. The van der Waals surface area contributed by atoms with Crippen LogP contribution >= 0.6 is 45.9 Å². The van der Waals surface area contributed by atoms with Crippen molar-refractivity contribution < 1.29 is 14.7 Å². The average molecular weight is 688 g/mol. The van der Waals surface area contributed by atoms with Gasteiger partial charge < -0.3 is 14.9 Å². The van der Waals surface area contributed by atoms with Crippen molar-refractivity contribution in [3.63, 3.8) is 0 Å². The zero-order chi connectivity index (χ0) is 30.8. The summed E-state index contributed by atoms with van der Waals surface area (Å²) in [5, 5.41) is 16.9. The summed E-state index contributed by atoms with van der Waals surface area (Å²) in [6.45, 7) is 4.35. The molecule has 6 heterocycles. The van der Waals surface area contributed by atoms with E-state index in [0.29, 0.717) is 64.4 Å². The summed E-state index contributed by atoms with van der Waals surface area (Å²) in [5.74, 6) is 1.63. The SMILES string of the molecule is O=C(Nc1nc(-c2cc(Cl)cs2)c(N2CC3CCN(C4CC5CC[C@@H]4C5)C3C2)s1)c1cnc(N2CCC(C(=O)O)CC2)c(Cl)c1. The molecule has 4 unspecified atom stereocenters. The van der Waals surface area contributed by atoms with E-state index in [-0.39, 0.29) is 11.8 Å². The van der Waals surface area contributed by atoms with Crippen LogP contribution in [-0.4, -0.2) is 76.7 Å². The predicted octanol–water partition coefficient (Wildman–Crippen LogP) is 6.83. The molecule has 2 saturated carbocycles. The monoisotopic (exact) mass is 686 g/mol. The number of hydrogen-bond donors (Lipinski definition) is 2. The Morgan fingerprint density at radius 3 is 2.49 bits per heavy atom. The standard InChI is InChI=1S/C32H36Cl2N6O3S2/c33-22-12-26(44-16-22)27-30(39-14-20-5-8-40(25(20)15-39)24-10-17-1-2-19(24)9-17)45-32(36-27)37-29(41)21-11-23(34)28(35-13-21)38-6-3-18(4-7-38)31(42)43/h11-13,16-20,24-25H,1-10,14-15H2,(H,42,43)(H,36,37,41)/t17?,19-,20?,24?,25?/m1/s1. The zero-order valence-corrected chi connectivity index (χ0v) is 28.0. The number of carbonyl (C=O) groups is 2. The molecular weight excluding hydrogens is 651 g/mol. The molecule has 3 aromatic heterocycles. The molecule has 5 atom stereocenters. The first-order valence-electron chi connectivity index (χ1n) is 16.0. The van der Waals surface area contributed by atoms with E-state index in [1.807, 2.05) is 16.3 Å². The maximum absolute atomic E-state index is 13.4. The van der Waals surface area contributed by atoms with Gasteiger partial charge in [0, 0.05) is 49.8 Å². The van der Waals surface area contributed by atoms with Gasteiger partial charge in [0.05, 0.1) is 26.4 Å². The Morgan fingerprint density at radius 1 is 0.956 bits per heavy atom. The molecule has 3 saturated heterocycles. The summed E-state index contributed by atoms with van der Waals surface area (Å²) in [4.78, 5) is 42.5. The summed E-state index contributed by atoms with van der Waals surface area (Å²) >= 11 is 16.0. The Morgan fingerprint density at radius 2 is 1.80 bits per heavy atom. The summed E-state index contributed by atoms with van der Waals surface area (Å²) in [6, 6.07) is 4.92. The number of aliphatic carboxylic acids is 1. The number of nitrogens with zero attached hydrogens (tertiary/aromatic N) is 5. The fourth-order valence-corrected chi connectivity index (χ4v) is 11.1. The number of amides is 1. The third kappa shape index (κ3) is 5.62. The van der Waals surface area contributed by atoms with Crippen molar-refractivity contribution in [2.24, 2.45) is 23.7 Å². The molecule has 45 heavy (non-hydrogen) atoms. The van der Waals surface area contributed by atoms with Crippen molar-refractivity contribution in [1.29, 1.82) is 0 Å². The van der Waals surface area contributed by atoms with Crippen LogP contribution in [0.2, 0.25) is 10.0 Å². The first-order valence-corrected chi connectivity index (χ1v) is 18.5. The molecule has 238 valence electrons. The quantitative estimate of drug-likeness (QED) is 0.279. The van der Waals surface area contributed by atoms with Crippen molar-refractivity contribution >= 4 is 73.7 Å². The third-order valence-electron chi connectivity index (χ3n) is 10.9. The van der Waals surface area contributed by atoms with Gasteiger partial charge >= 0.3 is 5.97 Å². The van der Waals surface area contributed by atoms with E-state index in [1.54, 1.807) is 17.4 Å². The van der Waals surface area contributed by atoms with Gasteiger partial charge in [0.1, 0.15) is 16.5 Å². The van der Waals surface area contributed by atoms with Crippen LogP contribution in [0.25, 0.3) is 10.6 Å². The summed E-state index contributed by atoms with van der Waals surface area (Å²) in [6.07, 6.45) is 9.50. The van der Waals surface area contributed by atoms with Crippen LogP contribution in [0.15, 0.2) is 23.7 Å². The maximum Gasteiger partial charge on any atom is 0.306 e. The molecule has 5 aliphatic rings. The van der Waals surface area contributed by atoms with Crippen LogP contribution in [0.4, 0.5) is 16.0 Å². The first-order chi connectivity index (χ1) is 21.8. The minimum Gasteiger partial charge on any atom is -0.481 e. The molecule has 1 amide bonds. The number of thiophene rings is 1. The largest absolute Gasteiger partial charge is 0.481 e. The highest BCUT2D eigenvalue weighted by Crippen LogP contribution is 2.51. The highest BCUT2D eigenvalue weighted by Gasteiger charge is 2.50. The summed E-state index contributed by atoms with van der Waals surface area (Å²) < 4.78 is 0. The van der Waals surface area contributed by atoms with Crippen LogP contribution < -0.4 is 15.1 Å². The number of carboxylic acids is 1. The highest BCUT2D eigenvalue weighted by atomic mass is 35.5. The lowest BCUT2D eigenvalue weighted by Crippen LogP contribution is -2.45. The summed E-state index contributed by atoms with van der Waals surface area (Å²) in [5.41, 5.74) is 1.22. The van der Waals surface area contributed by atoms with Crippen molar-refractivity contribution in [2.45, 2.75) is 57.0 Å². The van der Waals surface area contributed by atoms with E-state index >= 15 is 0 Å². The predicted molar refractivity (Wildman–Crippen MR) is 180 cm³/mol. The fraction of sp³-hybridized carbons (Fsp3) is 0.562. The second-order valence-electron chi connectivity index (χ2n) is 13.4. The maximum atomic E-state index is 13.4. The number of hydrogen-bond acceptors (Lipinski definition) is 9. The number of aromatic nitrogens is 2. The van der Waals surface area contributed by atoms with E-state index in [1.165, 1.54) is 56.2 Å². The third-order valence-corrected chi connectivity index (χ3v) is 13.5. The van der Waals surface area contributed by atoms with E-state index in [4.69, 9.17) is 28.2 Å². The van der Waals surface area contributed by atoms with E-state index < -0.39 is 5.97 Å². The van der Waals surface area contributed by atoms with Crippen LogP contribution in [0.1, 0.15) is 55.3 Å². The number of piperidine rings is 1. The minimum atomic E-state index is -0.762. The Balaban J connectivity index is 0.996. The Labute approximate surface area is 280 Å². The Hall–Kier alpha value is -2.44. The Bertz CT molecular complexity index is 1620. The van der Waals surface area contributed by atoms with Gasteiger partial charge in [0.2, 0.25) is 0 Å². The number of rotatable bonds is 7. The topological polar surface area (TPSA) is 102 Å². The molecule has 9 nitrogen and oxygen atoms in total. The lowest BCUT2D eigenvalue weighted by atomic mass is 9.93. The molecule has 13 heteroatoms. The molecule has 0 radical (unpaired) electrons.